The summed E-state index contributed by atoms with van der Waals surface area (Å²) in [6.07, 6.45) is 0.884. The third-order valence-electron chi connectivity index (χ3n) is 4.08. The van der Waals surface area contributed by atoms with Gasteiger partial charge in [0.1, 0.15) is 5.75 Å². The number of likely N-dealkylation sites (N-methyl/N-ethyl adjacent to an activating group) is 1. The molecule has 25 heavy (non-hydrogen) atoms. The lowest BCUT2D eigenvalue weighted by atomic mass is 9.95. The first-order chi connectivity index (χ1) is 12.0. The van der Waals surface area contributed by atoms with Crippen LogP contribution in [0.25, 0.3) is 0 Å². The smallest absolute Gasteiger partial charge is 0.289 e. The number of benzene rings is 1. The summed E-state index contributed by atoms with van der Waals surface area (Å²) < 4.78 is 5.65. The van der Waals surface area contributed by atoms with E-state index in [1.165, 1.54) is 16.2 Å². The number of aliphatic hydroxyl groups excluding tert-OH is 1. The summed E-state index contributed by atoms with van der Waals surface area (Å²) in [5.74, 6) is -0.680. The Balaban J connectivity index is 2.01. The van der Waals surface area contributed by atoms with Gasteiger partial charge >= 0.3 is 0 Å². The lowest BCUT2D eigenvalue weighted by Crippen LogP contribution is -2.26. The molecule has 1 atom stereocenters. The van der Waals surface area contributed by atoms with Crippen LogP contribution in [0.2, 0.25) is 0 Å². The molecule has 3 rings (SSSR count). The van der Waals surface area contributed by atoms with E-state index in [1.54, 1.807) is 24.6 Å². The summed E-state index contributed by atoms with van der Waals surface area (Å²) in [6.45, 7) is 2.61. The quantitative estimate of drug-likeness (QED) is 0.800. The van der Waals surface area contributed by atoms with Crippen molar-refractivity contribution >= 4 is 23.0 Å². The maximum atomic E-state index is 12.8. The van der Waals surface area contributed by atoms with Gasteiger partial charge in [-0.2, -0.15) is 0 Å². The summed E-state index contributed by atoms with van der Waals surface area (Å²) in [4.78, 5) is 27.0. The predicted octanol–water partition coefficient (Wildman–Crippen LogP) is 3.75. The van der Waals surface area contributed by atoms with Crippen LogP contribution in [0.1, 0.15) is 34.6 Å². The Labute approximate surface area is 150 Å². The molecule has 130 valence electrons. The van der Waals surface area contributed by atoms with Crippen LogP contribution in [0.15, 0.2) is 53.1 Å². The lowest BCUT2D eigenvalue weighted by Gasteiger charge is -2.23. The first kappa shape index (κ1) is 17.2. The van der Waals surface area contributed by atoms with Crippen molar-refractivity contribution in [3.63, 3.8) is 0 Å². The first-order valence-corrected chi connectivity index (χ1v) is 8.93. The van der Waals surface area contributed by atoms with Crippen LogP contribution in [0.5, 0.6) is 5.75 Å². The highest BCUT2D eigenvalue weighted by atomic mass is 32.1. The highest BCUT2D eigenvalue weighted by molar-refractivity contribution is 7.12. The standard InChI is InChI=1S/C19H19NO4S/c1-3-9-24-13-7-4-6-12(11-13)16-15(18(22)19(23)20(16)2)17(21)14-8-5-10-25-14/h4-8,10-11,16,22H,3,9H2,1-2H3. The van der Waals surface area contributed by atoms with Gasteiger partial charge in [-0.3, -0.25) is 9.59 Å². The largest absolute Gasteiger partial charge is 0.503 e. The third-order valence-corrected chi connectivity index (χ3v) is 4.94. The Morgan fingerprint density at radius 3 is 2.80 bits per heavy atom. The molecule has 1 aliphatic rings. The highest BCUT2D eigenvalue weighted by Crippen LogP contribution is 2.39. The monoisotopic (exact) mass is 357 g/mol. The van der Waals surface area contributed by atoms with Crippen LogP contribution in [-0.2, 0) is 4.79 Å². The van der Waals surface area contributed by atoms with E-state index in [1.807, 2.05) is 31.2 Å². The van der Waals surface area contributed by atoms with Gasteiger partial charge in [0, 0.05) is 7.05 Å². The molecule has 2 heterocycles. The fourth-order valence-electron chi connectivity index (χ4n) is 2.88. The van der Waals surface area contributed by atoms with Gasteiger partial charge in [-0.05, 0) is 35.6 Å². The summed E-state index contributed by atoms with van der Waals surface area (Å²) in [5, 5.41) is 12.1. The summed E-state index contributed by atoms with van der Waals surface area (Å²) in [7, 11) is 1.58. The van der Waals surface area contributed by atoms with Crippen molar-refractivity contribution in [2.45, 2.75) is 19.4 Å². The molecule has 1 aromatic heterocycles. The average Bonchev–Trinajstić information content (AvgIpc) is 3.23. The molecule has 0 aliphatic carbocycles. The molecule has 5 nitrogen and oxygen atoms in total. The van der Waals surface area contributed by atoms with E-state index >= 15 is 0 Å². The van der Waals surface area contributed by atoms with Gasteiger partial charge in [-0.15, -0.1) is 11.3 Å². The van der Waals surface area contributed by atoms with Gasteiger partial charge < -0.3 is 14.7 Å². The van der Waals surface area contributed by atoms with Crippen molar-refractivity contribution < 1.29 is 19.4 Å². The molecule has 0 saturated carbocycles. The van der Waals surface area contributed by atoms with E-state index < -0.39 is 17.7 Å². The zero-order chi connectivity index (χ0) is 18.0. The molecule has 1 unspecified atom stereocenters. The molecule has 1 amide bonds. The van der Waals surface area contributed by atoms with Crippen LogP contribution in [0.4, 0.5) is 0 Å². The Hall–Kier alpha value is -2.60. The molecule has 0 radical (unpaired) electrons. The van der Waals surface area contributed by atoms with Gasteiger partial charge in [0.2, 0.25) is 5.78 Å². The minimum Gasteiger partial charge on any atom is -0.503 e. The molecule has 2 aromatic rings. The van der Waals surface area contributed by atoms with E-state index in [2.05, 4.69) is 0 Å². The molecule has 0 fully saturated rings. The number of hydrogen-bond donors (Lipinski definition) is 1. The van der Waals surface area contributed by atoms with Gasteiger partial charge in [-0.1, -0.05) is 25.1 Å². The van der Waals surface area contributed by atoms with Crippen LogP contribution in [0, 0.1) is 0 Å². The number of ketones is 1. The Morgan fingerprint density at radius 1 is 1.32 bits per heavy atom. The number of Topliss-reactive ketones (excluding diaryl/α,β-unsaturated/α-hetero) is 1. The zero-order valence-corrected chi connectivity index (χ0v) is 14.9. The first-order valence-electron chi connectivity index (χ1n) is 8.05. The van der Waals surface area contributed by atoms with Crippen molar-refractivity contribution in [2.75, 3.05) is 13.7 Å². The molecule has 6 heteroatoms. The van der Waals surface area contributed by atoms with Crippen molar-refractivity contribution in [1.82, 2.24) is 4.90 Å². The maximum Gasteiger partial charge on any atom is 0.289 e. The third kappa shape index (κ3) is 3.17. The van der Waals surface area contributed by atoms with Crippen molar-refractivity contribution in [3.8, 4) is 5.75 Å². The van der Waals surface area contributed by atoms with Crippen LogP contribution in [-0.4, -0.2) is 35.4 Å². The van der Waals surface area contributed by atoms with Crippen LogP contribution in [0.3, 0.4) is 0 Å². The van der Waals surface area contributed by atoms with E-state index in [0.717, 1.165) is 12.0 Å². The Kier molecular flexibility index (Phi) is 4.90. The van der Waals surface area contributed by atoms with E-state index in [0.29, 0.717) is 17.2 Å². The predicted molar refractivity (Wildman–Crippen MR) is 96.0 cm³/mol. The Morgan fingerprint density at radius 2 is 2.12 bits per heavy atom. The summed E-state index contributed by atoms with van der Waals surface area (Å²) in [5.41, 5.74) is 0.844. The van der Waals surface area contributed by atoms with Crippen molar-refractivity contribution in [1.29, 1.82) is 0 Å². The molecule has 0 saturated heterocycles. The van der Waals surface area contributed by atoms with Gasteiger partial charge in [0.05, 0.1) is 23.1 Å². The molecule has 1 aromatic carbocycles. The van der Waals surface area contributed by atoms with E-state index in [4.69, 9.17) is 4.74 Å². The zero-order valence-electron chi connectivity index (χ0n) is 14.1. The van der Waals surface area contributed by atoms with Crippen molar-refractivity contribution in [3.05, 3.63) is 63.6 Å². The average molecular weight is 357 g/mol. The molecular weight excluding hydrogens is 338 g/mol. The number of thiophene rings is 1. The van der Waals surface area contributed by atoms with Gasteiger partial charge in [0.25, 0.3) is 5.91 Å². The number of carbonyl (C=O) groups excluding carboxylic acids is 2. The second kappa shape index (κ2) is 7.11. The van der Waals surface area contributed by atoms with E-state index in [9.17, 15) is 14.7 Å². The number of ether oxygens (including phenoxy) is 1. The second-order valence-corrected chi connectivity index (χ2v) is 6.76. The minimum atomic E-state index is -0.632. The number of amides is 1. The molecule has 0 bridgehead atoms. The fraction of sp³-hybridized carbons (Fsp3) is 0.263. The van der Waals surface area contributed by atoms with Gasteiger partial charge in [-0.25, -0.2) is 0 Å². The molecule has 1 N–H and O–H groups in total. The number of carbonyl (C=O) groups is 2. The topological polar surface area (TPSA) is 66.8 Å². The number of rotatable bonds is 6. The number of aliphatic hydroxyl groups is 1. The minimum absolute atomic E-state index is 0.114. The maximum absolute atomic E-state index is 12.8. The van der Waals surface area contributed by atoms with Crippen molar-refractivity contribution in [2.24, 2.45) is 0 Å². The Bertz CT molecular complexity index is 826. The number of hydrogen-bond acceptors (Lipinski definition) is 5. The lowest BCUT2D eigenvalue weighted by molar-refractivity contribution is -0.128. The molecular formula is C19H19NO4S. The second-order valence-electron chi connectivity index (χ2n) is 5.81. The summed E-state index contributed by atoms with van der Waals surface area (Å²) >= 11 is 1.28. The normalized spacial score (nSPS) is 17.3. The highest BCUT2D eigenvalue weighted by Gasteiger charge is 2.42. The number of nitrogens with zero attached hydrogens (tertiary/aromatic N) is 1. The van der Waals surface area contributed by atoms with E-state index in [-0.39, 0.29) is 11.4 Å². The van der Waals surface area contributed by atoms with Crippen LogP contribution < -0.4 is 4.74 Å². The van der Waals surface area contributed by atoms with Gasteiger partial charge in [0.15, 0.2) is 5.76 Å². The fourth-order valence-corrected chi connectivity index (χ4v) is 3.56. The molecule has 0 spiro atoms. The summed E-state index contributed by atoms with van der Waals surface area (Å²) in [6, 6.07) is 10.1. The molecule has 1 aliphatic heterocycles. The SMILES string of the molecule is CCCOc1cccc(C2C(C(=O)c3cccs3)=C(O)C(=O)N2C)c1. The van der Waals surface area contributed by atoms with Crippen LogP contribution >= 0.6 is 11.3 Å².